The van der Waals surface area contributed by atoms with Crippen molar-refractivity contribution in [1.82, 2.24) is 0 Å². The molecular weight excluding hydrogens is 242 g/mol. The molecule has 2 N–H and O–H groups in total. The summed E-state index contributed by atoms with van der Waals surface area (Å²) in [4.78, 5) is 0. The molecule has 4 heteroatoms. The van der Waals surface area contributed by atoms with Crippen LogP contribution in [0.3, 0.4) is 0 Å². The number of para-hydroxylation sites is 1. The molecule has 0 aliphatic heterocycles. The van der Waals surface area contributed by atoms with Crippen LogP contribution in [0.1, 0.15) is 5.56 Å². The fraction of sp³-hybridized carbons (Fsp3) is 0.200. The molecule has 0 aromatic heterocycles. The van der Waals surface area contributed by atoms with Gasteiger partial charge in [-0.3, -0.25) is 0 Å². The zero-order chi connectivity index (χ0) is 13.7. The molecule has 0 atom stereocenters. The molecule has 19 heavy (non-hydrogen) atoms. The average molecular weight is 259 g/mol. The van der Waals surface area contributed by atoms with E-state index in [-0.39, 0.29) is 5.75 Å². The van der Waals surface area contributed by atoms with E-state index >= 15 is 0 Å². The molecule has 0 aliphatic carbocycles. The Balaban J connectivity index is 2.05. The van der Waals surface area contributed by atoms with Crippen LogP contribution in [0.15, 0.2) is 42.5 Å². The zero-order valence-electron chi connectivity index (χ0n) is 11.0. The van der Waals surface area contributed by atoms with Crippen LogP contribution in [-0.2, 0) is 6.54 Å². The third kappa shape index (κ3) is 3.10. The van der Waals surface area contributed by atoms with Crippen LogP contribution in [0.25, 0.3) is 0 Å². The number of ether oxygens (including phenoxy) is 2. The van der Waals surface area contributed by atoms with E-state index in [2.05, 4.69) is 5.32 Å². The molecule has 0 saturated heterocycles. The van der Waals surface area contributed by atoms with E-state index in [1.165, 1.54) is 7.11 Å². The smallest absolute Gasteiger partial charge is 0.162 e. The number of hydrogen-bond acceptors (Lipinski definition) is 4. The van der Waals surface area contributed by atoms with Gasteiger partial charge in [0.15, 0.2) is 11.5 Å². The van der Waals surface area contributed by atoms with Gasteiger partial charge in [0, 0.05) is 17.8 Å². The van der Waals surface area contributed by atoms with Crippen molar-refractivity contribution in [3.05, 3.63) is 48.0 Å². The van der Waals surface area contributed by atoms with E-state index in [0.717, 1.165) is 17.0 Å². The number of phenols is 1. The second-order valence-corrected chi connectivity index (χ2v) is 4.05. The molecule has 0 bridgehead atoms. The highest BCUT2D eigenvalue weighted by molar-refractivity contribution is 5.50. The highest BCUT2D eigenvalue weighted by atomic mass is 16.5. The normalized spacial score (nSPS) is 10.0. The van der Waals surface area contributed by atoms with E-state index in [1.807, 2.05) is 36.4 Å². The van der Waals surface area contributed by atoms with Crippen molar-refractivity contribution in [2.24, 2.45) is 0 Å². The minimum Gasteiger partial charge on any atom is -0.504 e. The monoisotopic (exact) mass is 259 g/mol. The fourth-order valence-corrected chi connectivity index (χ4v) is 1.78. The van der Waals surface area contributed by atoms with Crippen molar-refractivity contribution in [2.45, 2.75) is 6.54 Å². The SMILES string of the molecule is COc1ccc(NCc2cccc(OC)c2O)cc1. The first kappa shape index (κ1) is 13.1. The lowest BCUT2D eigenvalue weighted by Gasteiger charge is -2.11. The third-order valence-electron chi connectivity index (χ3n) is 2.88. The average Bonchev–Trinajstić information content (AvgIpc) is 2.47. The van der Waals surface area contributed by atoms with Crippen molar-refractivity contribution in [3.63, 3.8) is 0 Å². The first-order valence-corrected chi connectivity index (χ1v) is 5.97. The van der Waals surface area contributed by atoms with Gasteiger partial charge in [0.2, 0.25) is 0 Å². The summed E-state index contributed by atoms with van der Waals surface area (Å²) in [5, 5.41) is 13.2. The van der Waals surface area contributed by atoms with Gasteiger partial charge in [-0.1, -0.05) is 12.1 Å². The Morgan fingerprint density at radius 2 is 1.74 bits per heavy atom. The maximum Gasteiger partial charge on any atom is 0.162 e. The maximum absolute atomic E-state index is 9.96. The van der Waals surface area contributed by atoms with Crippen molar-refractivity contribution < 1.29 is 14.6 Å². The predicted molar refractivity (Wildman–Crippen MR) is 75.0 cm³/mol. The number of phenolic OH excluding ortho intramolecular Hbond substituents is 1. The standard InChI is InChI=1S/C15H17NO3/c1-18-13-8-6-12(7-9-13)16-10-11-4-3-5-14(19-2)15(11)17/h3-9,16-17H,10H2,1-2H3. The Morgan fingerprint density at radius 1 is 1.00 bits per heavy atom. The van der Waals surface area contributed by atoms with Gasteiger partial charge in [-0.25, -0.2) is 0 Å². The number of benzene rings is 2. The van der Waals surface area contributed by atoms with E-state index in [1.54, 1.807) is 13.2 Å². The molecule has 0 radical (unpaired) electrons. The largest absolute Gasteiger partial charge is 0.504 e. The van der Waals surface area contributed by atoms with Gasteiger partial charge < -0.3 is 19.9 Å². The number of aromatic hydroxyl groups is 1. The molecule has 0 saturated carbocycles. The number of hydrogen-bond donors (Lipinski definition) is 2. The molecule has 0 amide bonds. The lowest BCUT2D eigenvalue weighted by molar-refractivity contribution is 0.371. The van der Waals surface area contributed by atoms with E-state index in [9.17, 15) is 5.11 Å². The number of nitrogens with one attached hydrogen (secondary N) is 1. The number of anilines is 1. The first-order chi connectivity index (χ1) is 9.24. The summed E-state index contributed by atoms with van der Waals surface area (Å²) in [6.45, 7) is 0.523. The van der Waals surface area contributed by atoms with Crippen LogP contribution >= 0.6 is 0 Å². The molecule has 0 fully saturated rings. The molecule has 0 heterocycles. The zero-order valence-corrected chi connectivity index (χ0v) is 11.0. The fourth-order valence-electron chi connectivity index (χ4n) is 1.78. The molecule has 100 valence electrons. The van der Waals surface area contributed by atoms with Crippen molar-refractivity contribution in [3.8, 4) is 17.2 Å². The summed E-state index contributed by atoms with van der Waals surface area (Å²) in [5.74, 6) is 1.47. The summed E-state index contributed by atoms with van der Waals surface area (Å²) >= 11 is 0. The van der Waals surface area contributed by atoms with Gasteiger partial charge in [-0.05, 0) is 30.3 Å². The Morgan fingerprint density at radius 3 is 2.37 bits per heavy atom. The molecule has 2 aromatic carbocycles. The van der Waals surface area contributed by atoms with E-state index < -0.39 is 0 Å². The lowest BCUT2D eigenvalue weighted by atomic mass is 10.2. The number of rotatable bonds is 5. The van der Waals surface area contributed by atoms with Gasteiger partial charge in [-0.15, -0.1) is 0 Å². The van der Waals surface area contributed by atoms with Crippen LogP contribution in [0.2, 0.25) is 0 Å². The minimum absolute atomic E-state index is 0.172. The topological polar surface area (TPSA) is 50.7 Å². The molecule has 2 aromatic rings. The van der Waals surface area contributed by atoms with Gasteiger partial charge in [-0.2, -0.15) is 0 Å². The summed E-state index contributed by atoms with van der Waals surface area (Å²) in [5.41, 5.74) is 1.75. The Bertz CT molecular complexity index is 538. The first-order valence-electron chi connectivity index (χ1n) is 5.97. The van der Waals surface area contributed by atoms with Gasteiger partial charge >= 0.3 is 0 Å². The highest BCUT2D eigenvalue weighted by Gasteiger charge is 2.06. The van der Waals surface area contributed by atoms with E-state index in [4.69, 9.17) is 9.47 Å². The third-order valence-corrected chi connectivity index (χ3v) is 2.88. The van der Waals surface area contributed by atoms with E-state index in [0.29, 0.717) is 12.3 Å². The summed E-state index contributed by atoms with van der Waals surface area (Å²) in [6.07, 6.45) is 0. The summed E-state index contributed by atoms with van der Waals surface area (Å²) in [6, 6.07) is 13.1. The predicted octanol–water partition coefficient (Wildman–Crippen LogP) is 3.02. The van der Waals surface area contributed by atoms with Gasteiger partial charge in [0.25, 0.3) is 0 Å². The second-order valence-electron chi connectivity index (χ2n) is 4.05. The highest BCUT2D eigenvalue weighted by Crippen LogP contribution is 2.29. The molecular formula is C15H17NO3. The Kier molecular flexibility index (Phi) is 4.13. The lowest BCUT2D eigenvalue weighted by Crippen LogP contribution is -2.00. The quantitative estimate of drug-likeness (QED) is 0.866. The van der Waals surface area contributed by atoms with Crippen LogP contribution in [0.4, 0.5) is 5.69 Å². The van der Waals surface area contributed by atoms with Crippen molar-refractivity contribution in [1.29, 1.82) is 0 Å². The Hall–Kier alpha value is -2.36. The summed E-state index contributed by atoms with van der Waals surface area (Å²) < 4.78 is 10.2. The van der Waals surface area contributed by atoms with Crippen molar-refractivity contribution >= 4 is 5.69 Å². The molecule has 4 nitrogen and oxygen atoms in total. The maximum atomic E-state index is 9.96. The van der Waals surface area contributed by atoms with Crippen LogP contribution < -0.4 is 14.8 Å². The molecule has 0 aliphatic rings. The van der Waals surface area contributed by atoms with Gasteiger partial charge in [0.05, 0.1) is 14.2 Å². The molecule has 0 unspecified atom stereocenters. The summed E-state index contributed by atoms with van der Waals surface area (Å²) in [7, 11) is 3.17. The minimum atomic E-state index is 0.172. The Labute approximate surface area is 112 Å². The molecule has 0 spiro atoms. The van der Waals surface area contributed by atoms with Crippen LogP contribution in [0.5, 0.6) is 17.2 Å². The van der Waals surface area contributed by atoms with Crippen LogP contribution in [0, 0.1) is 0 Å². The second kappa shape index (κ2) is 6.00. The van der Waals surface area contributed by atoms with Gasteiger partial charge in [0.1, 0.15) is 5.75 Å². The number of methoxy groups -OCH3 is 2. The van der Waals surface area contributed by atoms with Crippen molar-refractivity contribution in [2.75, 3.05) is 19.5 Å². The van der Waals surface area contributed by atoms with Crippen LogP contribution in [-0.4, -0.2) is 19.3 Å². The molecule has 2 rings (SSSR count).